The van der Waals surface area contributed by atoms with Gasteiger partial charge in [-0.1, -0.05) is 0 Å². The van der Waals surface area contributed by atoms with Gasteiger partial charge in [0.15, 0.2) is 6.29 Å². The third-order valence-electron chi connectivity index (χ3n) is 6.75. The highest BCUT2D eigenvalue weighted by Gasteiger charge is 2.57. The molecule has 7 atom stereocenters. The number of ketones is 1. The molecule has 1 fully saturated rings. The molecule has 1 amide bonds. The molecule has 0 aromatic carbocycles. The average molecular weight is 560 g/mol. The molecule has 0 N–H and O–H groups in total. The molecule has 224 valence electrons. The lowest BCUT2D eigenvalue weighted by Crippen LogP contribution is -2.47. The number of ether oxygens (including phenoxy) is 8. The molecule has 1 heterocycles. The predicted octanol–water partition coefficient (Wildman–Crippen LogP) is 1.79. The molecule has 0 bridgehead atoms. The lowest BCUT2D eigenvalue weighted by molar-refractivity contribution is -0.154. The summed E-state index contributed by atoms with van der Waals surface area (Å²) in [5.74, 6) is -1.30. The third-order valence-corrected chi connectivity index (χ3v) is 6.75. The Morgan fingerprint density at radius 1 is 0.974 bits per heavy atom. The normalized spacial score (nSPS) is 24.5. The van der Waals surface area contributed by atoms with Crippen molar-refractivity contribution < 1.29 is 47.5 Å². The highest BCUT2D eigenvalue weighted by molar-refractivity contribution is 5.83. The van der Waals surface area contributed by atoms with Crippen molar-refractivity contribution in [2.24, 2.45) is 11.8 Å². The summed E-state index contributed by atoms with van der Waals surface area (Å²) in [6.45, 7) is 4.64. The molecule has 0 spiro atoms. The smallest absolute Gasteiger partial charge is 0.329 e. The van der Waals surface area contributed by atoms with Gasteiger partial charge in [-0.05, 0) is 20.3 Å². The maximum atomic E-state index is 13.9. The predicted molar refractivity (Wildman–Crippen MR) is 139 cm³/mol. The van der Waals surface area contributed by atoms with Gasteiger partial charge in [0.1, 0.15) is 37.9 Å². The first-order chi connectivity index (χ1) is 18.8. The van der Waals surface area contributed by atoms with Gasteiger partial charge in [0.25, 0.3) is 0 Å². The van der Waals surface area contributed by atoms with Crippen molar-refractivity contribution in [3.8, 4) is 0 Å². The highest BCUT2D eigenvalue weighted by atomic mass is 16.7. The Labute approximate surface area is 230 Å². The summed E-state index contributed by atoms with van der Waals surface area (Å²) in [4.78, 5) is 32.4. The van der Waals surface area contributed by atoms with Gasteiger partial charge in [-0.2, -0.15) is 0 Å². The van der Waals surface area contributed by atoms with Crippen LogP contribution >= 0.6 is 0 Å². The van der Waals surface area contributed by atoms with Crippen LogP contribution in [0.15, 0.2) is 18.7 Å². The average Bonchev–Trinajstić information content (AvgIpc) is 3.57. The molecular weight excluding hydrogens is 514 g/mol. The van der Waals surface area contributed by atoms with Crippen LogP contribution in [0.25, 0.3) is 0 Å². The van der Waals surface area contributed by atoms with Crippen LogP contribution < -0.4 is 0 Å². The van der Waals surface area contributed by atoms with Gasteiger partial charge in [-0.15, -0.1) is 0 Å². The van der Waals surface area contributed by atoms with Crippen molar-refractivity contribution in [1.82, 2.24) is 14.5 Å². The van der Waals surface area contributed by atoms with Crippen LogP contribution in [0.4, 0.5) is 4.79 Å². The quantitative estimate of drug-likeness (QED) is 0.182. The van der Waals surface area contributed by atoms with E-state index in [4.69, 9.17) is 37.9 Å². The van der Waals surface area contributed by atoms with Gasteiger partial charge < -0.3 is 42.8 Å². The fraction of sp³-hybridized carbons (Fsp3) is 0.808. The van der Waals surface area contributed by atoms with E-state index in [1.54, 1.807) is 27.5 Å². The van der Waals surface area contributed by atoms with Gasteiger partial charge in [0.2, 0.25) is 0 Å². The van der Waals surface area contributed by atoms with E-state index >= 15 is 0 Å². The summed E-state index contributed by atoms with van der Waals surface area (Å²) in [5.41, 5.74) is 0. The lowest BCUT2D eigenvalue weighted by Gasteiger charge is -2.34. The standard InChI is InChI=1S/C26H45N3O10/c1-8-36-18(2)37-13-9-10-20(30)19(14-28(3)26(31)29-12-11-27-15-29)21-22(38-16-32-4)24(34-6)25(35-7)23(21)39-17-33-5/h11-12,15,18-19,21-25H,8-10,13-14,16-17H2,1-7H3/t18?,19?,21?,22-,23+,24-,25+. The van der Waals surface area contributed by atoms with E-state index < -0.39 is 36.3 Å². The number of imidazole rings is 1. The Bertz CT molecular complexity index is 805. The molecule has 1 saturated carbocycles. The molecule has 13 nitrogen and oxygen atoms in total. The van der Waals surface area contributed by atoms with Gasteiger partial charge in [0.05, 0.1) is 18.8 Å². The molecule has 2 rings (SSSR count). The molecule has 1 aliphatic carbocycles. The minimum absolute atomic E-state index is 0.0255. The Balaban J connectivity index is 2.37. The van der Waals surface area contributed by atoms with Crippen LogP contribution in [-0.4, -0.2) is 126 Å². The molecule has 1 aliphatic rings. The number of amides is 1. The van der Waals surface area contributed by atoms with Gasteiger partial charge in [-0.25, -0.2) is 9.78 Å². The van der Waals surface area contributed by atoms with E-state index in [2.05, 4.69) is 4.98 Å². The lowest BCUT2D eigenvalue weighted by atomic mass is 9.82. The summed E-state index contributed by atoms with van der Waals surface area (Å²) in [6, 6.07) is -0.326. The van der Waals surface area contributed by atoms with Crippen molar-refractivity contribution in [3.63, 3.8) is 0 Å². The molecule has 13 heteroatoms. The fourth-order valence-corrected chi connectivity index (χ4v) is 5.04. The zero-order chi connectivity index (χ0) is 28.8. The number of carbonyl (C=O) groups excluding carboxylic acids is 2. The van der Waals surface area contributed by atoms with Crippen molar-refractivity contribution in [3.05, 3.63) is 18.7 Å². The van der Waals surface area contributed by atoms with Gasteiger partial charge in [0, 0.05) is 79.3 Å². The largest absolute Gasteiger partial charge is 0.376 e. The van der Waals surface area contributed by atoms with Crippen LogP contribution in [0.3, 0.4) is 0 Å². The van der Waals surface area contributed by atoms with E-state index in [1.807, 2.05) is 13.8 Å². The summed E-state index contributed by atoms with van der Waals surface area (Å²) in [6.07, 6.45) is 2.46. The molecule has 1 aromatic rings. The number of aromatic nitrogens is 2. The molecule has 0 aliphatic heterocycles. The Morgan fingerprint density at radius 2 is 1.59 bits per heavy atom. The van der Waals surface area contributed by atoms with Crippen LogP contribution in [0, 0.1) is 11.8 Å². The molecule has 1 aromatic heterocycles. The minimum atomic E-state index is -0.687. The second kappa shape index (κ2) is 17.7. The van der Waals surface area contributed by atoms with Crippen LogP contribution in [0.1, 0.15) is 26.7 Å². The summed E-state index contributed by atoms with van der Waals surface area (Å²) in [7, 11) is 7.78. The number of rotatable bonds is 19. The van der Waals surface area contributed by atoms with Crippen LogP contribution in [-0.2, 0) is 42.7 Å². The van der Waals surface area contributed by atoms with E-state index in [1.165, 1.54) is 36.2 Å². The molecule has 0 saturated heterocycles. The second-order valence-electron chi connectivity index (χ2n) is 9.26. The van der Waals surface area contributed by atoms with E-state index in [0.29, 0.717) is 19.6 Å². The summed E-state index contributed by atoms with van der Waals surface area (Å²) in [5, 5.41) is 0. The van der Waals surface area contributed by atoms with E-state index in [9.17, 15) is 9.59 Å². The number of carbonyl (C=O) groups is 2. The number of methoxy groups -OCH3 is 4. The second-order valence-corrected chi connectivity index (χ2v) is 9.26. The first-order valence-corrected chi connectivity index (χ1v) is 13.1. The summed E-state index contributed by atoms with van der Waals surface area (Å²) >= 11 is 0. The first-order valence-electron chi connectivity index (χ1n) is 13.1. The topological polar surface area (TPSA) is 129 Å². The van der Waals surface area contributed by atoms with Crippen LogP contribution in [0.5, 0.6) is 0 Å². The number of hydrogen-bond donors (Lipinski definition) is 0. The van der Waals surface area contributed by atoms with Gasteiger partial charge >= 0.3 is 6.03 Å². The van der Waals surface area contributed by atoms with E-state index in [-0.39, 0.29) is 44.7 Å². The van der Waals surface area contributed by atoms with Crippen molar-refractivity contribution in [2.75, 3.05) is 68.8 Å². The maximum absolute atomic E-state index is 13.9. The first kappa shape index (κ1) is 33.2. The van der Waals surface area contributed by atoms with Crippen LogP contribution in [0.2, 0.25) is 0 Å². The fourth-order valence-electron chi connectivity index (χ4n) is 5.04. The minimum Gasteiger partial charge on any atom is -0.376 e. The molecular formula is C26H45N3O10. The monoisotopic (exact) mass is 559 g/mol. The third kappa shape index (κ3) is 9.29. The zero-order valence-electron chi connectivity index (χ0n) is 24.1. The molecule has 0 radical (unpaired) electrons. The SMILES string of the molecule is CCOC(C)OCCCC(=O)C(CN(C)C(=O)n1ccnc1)C1[C@@H](OCOC)[C@@H](OC)[C@@H](OC)[C@H]1OCOC. The molecule has 39 heavy (non-hydrogen) atoms. The van der Waals surface area contributed by atoms with Crippen molar-refractivity contribution >= 4 is 11.8 Å². The Morgan fingerprint density at radius 3 is 2.08 bits per heavy atom. The van der Waals surface area contributed by atoms with Gasteiger partial charge in [-0.3, -0.25) is 9.36 Å². The van der Waals surface area contributed by atoms with E-state index in [0.717, 1.165) is 0 Å². The Kier molecular flexibility index (Phi) is 15.1. The number of hydrogen-bond acceptors (Lipinski definition) is 11. The maximum Gasteiger partial charge on any atom is 0.329 e. The number of Topliss-reactive ketones (excluding diaryl/α,β-unsaturated/α-hetero) is 1. The number of nitrogens with zero attached hydrogens (tertiary/aromatic N) is 3. The summed E-state index contributed by atoms with van der Waals surface area (Å²) < 4.78 is 46.5. The van der Waals surface area contributed by atoms with Crippen molar-refractivity contribution in [1.29, 1.82) is 0 Å². The highest BCUT2D eigenvalue weighted by Crippen LogP contribution is 2.41. The zero-order valence-corrected chi connectivity index (χ0v) is 24.1. The van der Waals surface area contributed by atoms with Crippen molar-refractivity contribution in [2.45, 2.75) is 57.4 Å². The Hall–Kier alpha value is -1.97. The molecule has 3 unspecified atom stereocenters.